The molecule has 0 unspecified atom stereocenters. The van der Waals surface area contributed by atoms with Crippen molar-refractivity contribution in [1.29, 1.82) is 0 Å². The molecule has 0 aromatic carbocycles. The normalized spacial score (nSPS) is 12.7. The molecule has 0 aliphatic carbocycles. The molecular weight excluding hydrogens is 210 g/mol. The maximum Gasteiger partial charge on any atom is 0.333 e. The fourth-order valence-electron chi connectivity index (χ4n) is 0.985. The lowest BCUT2D eigenvalue weighted by atomic mass is 10.1. The first-order chi connectivity index (χ1) is 6.90. The molecule has 0 aliphatic rings. The number of ether oxygens (including phenoxy) is 1. The predicted octanol–water partition coefficient (Wildman–Crippen LogP) is 1.97. The highest BCUT2D eigenvalue weighted by Gasteiger charge is 2.10. The van der Waals surface area contributed by atoms with E-state index in [4.69, 9.17) is 5.73 Å². The smallest absolute Gasteiger partial charge is 0.333 e. The van der Waals surface area contributed by atoms with Gasteiger partial charge in [-0.2, -0.15) is 11.8 Å². The molecule has 0 saturated carbocycles. The van der Waals surface area contributed by atoms with Gasteiger partial charge in [-0.25, -0.2) is 4.79 Å². The Morgan fingerprint density at radius 2 is 2.13 bits per heavy atom. The maximum atomic E-state index is 11.2. The summed E-state index contributed by atoms with van der Waals surface area (Å²) in [6.45, 7) is 5.93. The molecule has 0 aliphatic heterocycles. The molecule has 2 N–H and O–H groups in total. The number of rotatable bonds is 6. The minimum atomic E-state index is -0.231. The summed E-state index contributed by atoms with van der Waals surface area (Å²) < 4.78 is 4.66. The van der Waals surface area contributed by atoms with Crippen LogP contribution >= 0.6 is 11.8 Å². The van der Waals surface area contributed by atoms with Gasteiger partial charge in [0.05, 0.1) is 7.11 Å². The summed E-state index contributed by atoms with van der Waals surface area (Å²) in [5.41, 5.74) is 6.42. The number of esters is 1. The van der Waals surface area contributed by atoms with Gasteiger partial charge in [0, 0.05) is 22.6 Å². The third-order valence-corrected chi connectivity index (χ3v) is 3.10. The van der Waals surface area contributed by atoms with Gasteiger partial charge in [-0.05, 0) is 20.3 Å². The van der Waals surface area contributed by atoms with Crippen LogP contribution in [0.3, 0.4) is 0 Å². The van der Waals surface area contributed by atoms with Crippen LogP contribution in [0.15, 0.2) is 11.6 Å². The largest absolute Gasteiger partial charge is 0.466 e. The number of hydrogen-bond donors (Lipinski definition) is 1. The van der Waals surface area contributed by atoms with Crippen LogP contribution in [-0.4, -0.2) is 30.1 Å². The van der Waals surface area contributed by atoms with E-state index in [1.807, 2.05) is 26.8 Å². The van der Waals surface area contributed by atoms with Crippen molar-refractivity contribution in [3.8, 4) is 0 Å². The SMILES string of the molecule is CCC(=CCSCC(C)(C)N)C(=O)OC. The van der Waals surface area contributed by atoms with Crippen molar-refractivity contribution >= 4 is 17.7 Å². The molecule has 0 heterocycles. The van der Waals surface area contributed by atoms with E-state index in [0.29, 0.717) is 6.42 Å². The lowest BCUT2D eigenvalue weighted by Gasteiger charge is -2.16. The van der Waals surface area contributed by atoms with E-state index in [-0.39, 0.29) is 11.5 Å². The summed E-state index contributed by atoms with van der Waals surface area (Å²) in [7, 11) is 1.40. The van der Waals surface area contributed by atoms with Crippen LogP contribution in [0.2, 0.25) is 0 Å². The first-order valence-electron chi connectivity index (χ1n) is 5.04. The van der Waals surface area contributed by atoms with Crippen molar-refractivity contribution in [2.45, 2.75) is 32.7 Å². The van der Waals surface area contributed by atoms with Gasteiger partial charge in [-0.1, -0.05) is 13.0 Å². The summed E-state index contributed by atoms with van der Waals surface area (Å²) in [5.74, 6) is 1.45. The molecule has 0 atom stereocenters. The quantitative estimate of drug-likeness (QED) is 0.431. The second-order valence-electron chi connectivity index (χ2n) is 4.08. The predicted molar refractivity (Wildman–Crippen MR) is 66.0 cm³/mol. The molecule has 0 aromatic rings. The van der Waals surface area contributed by atoms with Crippen LogP contribution in [0.5, 0.6) is 0 Å². The van der Waals surface area contributed by atoms with Gasteiger partial charge in [0.1, 0.15) is 0 Å². The average molecular weight is 231 g/mol. The number of methoxy groups -OCH3 is 1. The van der Waals surface area contributed by atoms with Crippen LogP contribution < -0.4 is 5.73 Å². The second-order valence-corrected chi connectivity index (χ2v) is 5.11. The van der Waals surface area contributed by atoms with Crippen molar-refractivity contribution in [2.75, 3.05) is 18.6 Å². The fraction of sp³-hybridized carbons (Fsp3) is 0.727. The van der Waals surface area contributed by atoms with Gasteiger partial charge < -0.3 is 10.5 Å². The minimum Gasteiger partial charge on any atom is -0.466 e. The van der Waals surface area contributed by atoms with Gasteiger partial charge >= 0.3 is 5.97 Å². The van der Waals surface area contributed by atoms with Crippen LogP contribution in [0.25, 0.3) is 0 Å². The van der Waals surface area contributed by atoms with E-state index in [0.717, 1.165) is 17.1 Å². The zero-order valence-electron chi connectivity index (χ0n) is 10.0. The van der Waals surface area contributed by atoms with Crippen LogP contribution in [-0.2, 0) is 9.53 Å². The van der Waals surface area contributed by atoms with Gasteiger partial charge in [0.15, 0.2) is 0 Å². The molecule has 0 fully saturated rings. The summed E-state index contributed by atoms with van der Waals surface area (Å²) in [4.78, 5) is 11.2. The molecule has 15 heavy (non-hydrogen) atoms. The number of carbonyl (C=O) groups excluding carboxylic acids is 1. The summed E-state index contributed by atoms with van der Waals surface area (Å²) in [6.07, 6.45) is 2.63. The Morgan fingerprint density at radius 1 is 1.53 bits per heavy atom. The number of carbonyl (C=O) groups is 1. The van der Waals surface area contributed by atoms with Gasteiger partial charge in [-0.3, -0.25) is 0 Å². The van der Waals surface area contributed by atoms with Crippen molar-refractivity contribution in [2.24, 2.45) is 5.73 Å². The van der Waals surface area contributed by atoms with E-state index in [1.54, 1.807) is 11.8 Å². The second kappa shape index (κ2) is 6.90. The molecule has 0 radical (unpaired) electrons. The molecule has 88 valence electrons. The summed E-state index contributed by atoms with van der Waals surface area (Å²) >= 11 is 1.72. The Bertz CT molecular complexity index is 231. The number of hydrogen-bond acceptors (Lipinski definition) is 4. The highest BCUT2D eigenvalue weighted by Crippen LogP contribution is 2.12. The zero-order valence-corrected chi connectivity index (χ0v) is 10.8. The van der Waals surface area contributed by atoms with Crippen molar-refractivity contribution in [1.82, 2.24) is 0 Å². The summed E-state index contributed by atoms with van der Waals surface area (Å²) in [5, 5.41) is 0. The zero-order chi connectivity index (χ0) is 11.9. The number of nitrogens with two attached hydrogens (primary N) is 1. The van der Waals surface area contributed by atoms with Crippen LogP contribution in [0.1, 0.15) is 27.2 Å². The summed E-state index contributed by atoms with van der Waals surface area (Å²) in [6, 6.07) is 0. The molecule has 0 aromatic heterocycles. The van der Waals surface area contributed by atoms with Gasteiger partial charge in [0.25, 0.3) is 0 Å². The lowest BCUT2D eigenvalue weighted by molar-refractivity contribution is -0.136. The Hall–Kier alpha value is -0.480. The average Bonchev–Trinajstić information content (AvgIpc) is 2.15. The Balaban J connectivity index is 3.98. The van der Waals surface area contributed by atoms with Crippen LogP contribution in [0, 0.1) is 0 Å². The standard InChI is InChI=1S/C11H21NO2S/c1-5-9(10(13)14-4)6-7-15-8-11(2,3)12/h6H,5,7-8,12H2,1-4H3. The van der Waals surface area contributed by atoms with Crippen molar-refractivity contribution in [3.05, 3.63) is 11.6 Å². The highest BCUT2D eigenvalue weighted by atomic mass is 32.2. The monoisotopic (exact) mass is 231 g/mol. The van der Waals surface area contributed by atoms with Crippen molar-refractivity contribution in [3.63, 3.8) is 0 Å². The maximum absolute atomic E-state index is 11.2. The molecule has 4 heteroatoms. The fourth-order valence-corrected chi connectivity index (χ4v) is 1.95. The highest BCUT2D eigenvalue weighted by molar-refractivity contribution is 7.99. The topological polar surface area (TPSA) is 52.3 Å². The Labute approximate surface area is 96.4 Å². The molecule has 0 saturated heterocycles. The number of thioether (sulfide) groups is 1. The van der Waals surface area contributed by atoms with E-state index >= 15 is 0 Å². The molecule has 0 bridgehead atoms. The molecule has 0 rings (SSSR count). The van der Waals surface area contributed by atoms with Gasteiger partial charge in [-0.15, -0.1) is 0 Å². The van der Waals surface area contributed by atoms with Gasteiger partial charge in [0.2, 0.25) is 0 Å². The molecule has 0 amide bonds. The molecule has 3 nitrogen and oxygen atoms in total. The third-order valence-electron chi connectivity index (χ3n) is 1.75. The first kappa shape index (κ1) is 14.5. The van der Waals surface area contributed by atoms with E-state index in [1.165, 1.54) is 7.11 Å². The third kappa shape index (κ3) is 7.45. The molecular formula is C11H21NO2S. The van der Waals surface area contributed by atoms with E-state index in [2.05, 4.69) is 4.74 Å². The Kier molecular flexibility index (Phi) is 6.68. The molecule has 0 spiro atoms. The van der Waals surface area contributed by atoms with Crippen molar-refractivity contribution < 1.29 is 9.53 Å². The first-order valence-corrected chi connectivity index (χ1v) is 6.20. The van der Waals surface area contributed by atoms with Crippen LogP contribution in [0.4, 0.5) is 0 Å². The lowest BCUT2D eigenvalue weighted by Crippen LogP contribution is -2.34. The van der Waals surface area contributed by atoms with E-state index in [9.17, 15) is 4.79 Å². The van der Waals surface area contributed by atoms with E-state index < -0.39 is 0 Å². The minimum absolute atomic E-state index is 0.157. The Morgan fingerprint density at radius 3 is 2.53 bits per heavy atom.